The highest BCUT2D eigenvalue weighted by Gasteiger charge is 2.68. The largest absolute Gasteiger partial charge is 0.477 e. The average Bonchev–Trinajstić information content (AvgIpc) is 3.79. The van der Waals surface area contributed by atoms with Gasteiger partial charge in [-0.15, -0.1) is 16.9 Å². The van der Waals surface area contributed by atoms with Crippen LogP contribution in [-0.4, -0.2) is 138 Å². The molecule has 3 amide bonds. The molecule has 7 N–H and O–H groups in total. The fourth-order valence-corrected chi connectivity index (χ4v) is 9.11. The lowest BCUT2D eigenvalue weighted by Gasteiger charge is -2.55. The Kier molecular flexibility index (Phi) is 7.95. The molecule has 0 aromatic carbocycles. The van der Waals surface area contributed by atoms with E-state index in [0.717, 1.165) is 26.1 Å². The van der Waals surface area contributed by atoms with E-state index in [0.29, 0.717) is 42.9 Å². The number of hydrogen-bond donors (Lipinski definition) is 5. The van der Waals surface area contributed by atoms with Crippen LogP contribution in [0.1, 0.15) is 26.7 Å². The number of rotatable bonds is 10. The number of nitrogens with two attached hydrogens (primary N) is 2. The molecule has 8 atom stereocenters. The number of tetrazole rings is 1. The maximum atomic E-state index is 13.5. The SMILES string of the molecule is C[C@H]1C(S[C@@H]2CN[C@H](C(=O)N3CC4CCN(CCN)C4C3)C2)=C(C(=O)O)N2C(=O)[C@](N)([C@@H](C)NC(=O)Cn3cnnn3)[C@@H]12. The van der Waals surface area contributed by atoms with Gasteiger partial charge in [0.1, 0.15) is 24.1 Å². The fraction of sp³-hybridized carbons (Fsp3) is 0.731. The minimum absolute atomic E-state index is 0.0500. The van der Waals surface area contributed by atoms with Crippen LogP contribution in [0.5, 0.6) is 0 Å². The van der Waals surface area contributed by atoms with Crippen molar-refractivity contribution in [2.45, 2.75) is 68.2 Å². The van der Waals surface area contributed by atoms with Crippen molar-refractivity contribution in [3.63, 3.8) is 0 Å². The topological polar surface area (TPSA) is 218 Å². The molecule has 2 unspecified atom stereocenters. The van der Waals surface area contributed by atoms with Gasteiger partial charge in [-0.2, -0.15) is 0 Å². The minimum Gasteiger partial charge on any atom is -0.477 e. The zero-order chi connectivity index (χ0) is 30.6. The number of nitrogens with zero attached hydrogens (tertiary/aromatic N) is 7. The van der Waals surface area contributed by atoms with Crippen LogP contribution in [-0.2, 0) is 25.7 Å². The van der Waals surface area contributed by atoms with E-state index in [-0.39, 0.29) is 35.4 Å². The summed E-state index contributed by atoms with van der Waals surface area (Å²) < 4.78 is 1.25. The molecule has 1 aromatic heterocycles. The van der Waals surface area contributed by atoms with Crippen LogP contribution in [0.2, 0.25) is 0 Å². The molecule has 5 aliphatic heterocycles. The predicted molar refractivity (Wildman–Crippen MR) is 154 cm³/mol. The van der Waals surface area contributed by atoms with E-state index in [1.165, 1.54) is 27.7 Å². The van der Waals surface area contributed by atoms with Crippen molar-refractivity contribution >= 4 is 35.5 Å². The zero-order valence-corrected chi connectivity index (χ0v) is 25.1. The highest BCUT2D eigenvalue weighted by atomic mass is 32.2. The lowest BCUT2D eigenvalue weighted by Crippen LogP contribution is -2.83. The number of carbonyl (C=O) groups is 4. The minimum atomic E-state index is -1.49. The maximum absolute atomic E-state index is 13.5. The quantitative estimate of drug-likeness (QED) is 0.165. The van der Waals surface area contributed by atoms with Crippen LogP contribution in [0, 0.1) is 11.8 Å². The smallest absolute Gasteiger partial charge is 0.353 e. The summed E-state index contributed by atoms with van der Waals surface area (Å²) >= 11 is 1.41. The van der Waals surface area contributed by atoms with Gasteiger partial charge in [-0.05, 0) is 42.7 Å². The number of hydrogen-bond acceptors (Lipinski definition) is 12. The predicted octanol–water partition coefficient (Wildman–Crippen LogP) is -3.01. The summed E-state index contributed by atoms with van der Waals surface area (Å²) in [4.78, 5) is 58.1. The average molecular weight is 618 g/mol. The first-order valence-electron chi connectivity index (χ1n) is 14.8. The fourth-order valence-electron chi connectivity index (χ4n) is 7.64. The molecule has 17 heteroatoms. The van der Waals surface area contributed by atoms with E-state index >= 15 is 0 Å². The second-order valence-corrected chi connectivity index (χ2v) is 13.6. The first kappa shape index (κ1) is 29.9. The normalized spacial score (nSPS) is 34.4. The molecular formula is C26H39N11O5S. The molecule has 43 heavy (non-hydrogen) atoms. The van der Waals surface area contributed by atoms with E-state index < -0.39 is 35.4 Å². The molecule has 0 saturated carbocycles. The Morgan fingerprint density at radius 2 is 2.12 bits per heavy atom. The van der Waals surface area contributed by atoms with Crippen molar-refractivity contribution < 1.29 is 24.3 Å². The van der Waals surface area contributed by atoms with Gasteiger partial charge >= 0.3 is 5.97 Å². The molecule has 0 spiro atoms. The molecule has 6 rings (SSSR count). The number of aliphatic carboxylic acids is 1. The Labute approximate surface area is 252 Å². The molecule has 234 valence electrons. The summed E-state index contributed by atoms with van der Waals surface area (Å²) in [6, 6.07) is -1.38. The van der Waals surface area contributed by atoms with Gasteiger partial charge in [-0.3, -0.25) is 24.2 Å². The van der Waals surface area contributed by atoms with Crippen LogP contribution in [0.25, 0.3) is 0 Å². The number of β-lactam (4-membered cyclic amide) rings is 1. The highest BCUT2D eigenvalue weighted by Crippen LogP contribution is 2.52. The van der Waals surface area contributed by atoms with E-state index in [1.54, 1.807) is 6.92 Å². The summed E-state index contributed by atoms with van der Waals surface area (Å²) in [5.41, 5.74) is 10.9. The summed E-state index contributed by atoms with van der Waals surface area (Å²) in [7, 11) is 0. The van der Waals surface area contributed by atoms with Gasteiger partial charge in [-0.25, -0.2) is 9.48 Å². The van der Waals surface area contributed by atoms with Gasteiger partial charge in [0.05, 0.1) is 18.1 Å². The second-order valence-electron chi connectivity index (χ2n) is 12.3. The number of thioether (sulfide) groups is 1. The number of carboxylic acids is 1. The number of carbonyl (C=O) groups excluding carboxylic acids is 3. The van der Waals surface area contributed by atoms with Crippen LogP contribution < -0.4 is 22.1 Å². The highest BCUT2D eigenvalue weighted by molar-refractivity contribution is 8.03. The van der Waals surface area contributed by atoms with Crippen LogP contribution >= 0.6 is 11.8 Å². The van der Waals surface area contributed by atoms with Gasteiger partial charge in [0.2, 0.25) is 11.8 Å². The van der Waals surface area contributed by atoms with Crippen molar-refractivity contribution in [1.82, 2.24) is 45.5 Å². The summed E-state index contributed by atoms with van der Waals surface area (Å²) in [5.74, 6) is -1.98. The van der Waals surface area contributed by atoms with E-state index in [2.05, 4.69) is 31.1 Å². The van der Waals surface area contributed by atoms with Crippen LogP contribution in [0.4, 0.5) is 0 Å². The van der Waals surface area contributed by atoms with Gasteiger partial charge in [0, 0.05) is 54.8 Å². The van der Waals surface area contributed by atoms with Gasteiger partial charge in [-0.1, -0.05) is 6.92 Å². The molecule has 1 aromatic rings. The lowest BCUT2D eigenvalue weighted by atomic mass is 9.71. The van der Waals surface area contributed by atoms with Crippen LogP contribution in [0.3, 0.4) is 0 Å². The van der Waals surface area contributed by atoms with Crippen molar-refractivity contribution in [3.8, 4) is 0 Å². The zero-order valence-electron chi connectivity index (χ0n) is 24.3. The summed E-state index contributed by atoms with van der Waals surface area (Å²) in [6.45, 7) is 7.86. The number of carboxylic acid groups (broad SMARTS) is 1. The molecular weight excluding hydrogens is 578 g/mol. The van der Waals surface area contributed by atoms with E-state index in [4.69, 9.17) is 11.5 Å². The Morgan fingerprint density at radius 3 is 2.81 bits per heavy atom. The summed E-state index contributed by atoms with van der Waals surface area (Å²) in [6.07, 6.45) is 2.93. The van der Waals surface area contributed by atoms with Gasteiger partial charge < -0.3 is 32.1 Å². The maximum Gasteiger partial charge on any atom is 0.353 e. The lowest BCUT2D eigenvalue weighted by molar-refractivity contribution is -0.162. The number of nitrogens with one attached hydrogen (secondary N) is 2. The molecule has 6 heterocycles. The Bertz CT molecular complexity index is 1320. The molecule has 5 aliphatic rings. The third kappa shape index (κ3) is 5.00. The van der Waals surface area contributed by atoms with Crippen LogP contribution in [0.15, 0.2) is 16.9 Å². The first-order chi connectivity index (χ1) is 20.5. The van der Waals surface area contributed by atoms with Crippen molar-refractivity contribution in [1.29, 1.82) is 0 Å². The second kappa shape index (κ2) is 11.4. The number of likely N-dealkylation sites (tertiary alicyclic amines) is 2. The molecule has 16 nitrogen and oxygen atoms in total. The number of aromatic nitrogens is 4. The third-order valence-electron chi connectivity index (χ3n) is 9.78. The molecule has 4 fully saturated rings. The number of fused-ring (bicyclic) bond motifs is 2. The van der Waals surface area contributed by atoms with E-state index in [9.17, 15) is 24.3 Å². The van der Waals surface area contributed by atoms with Crippen molar-refractivity contribution in [3.05, 3.63) is 16.9 Å². The van der Waals surface area contributed by atoms with Crippen molar-refractivity contribution in [2.24, 2.45) is 23.3 Å². The molecule has 0 aliphatic carbocycles. The first-order valence-corrected chi connectivity index (χ1v) is 15.7. The Hall–Kier alpha value is -3.12. The Morgan fingerprint density at radius 1 is 1.33 bits per heavy atom. The third-order valence-corrected chi connectivity index (χ3v) is 11.3. The molecule has 0 bridgehead atoms. The van der Waals surface area contributed by atoms with E-state index in [1.807, 2.05) is 11.8 Å². The molecule has 0 radical (unpaired) electrons. The standard InChI is InChI=1S/C26H39N11O5S/c1-13-21(43-16-7-17(29-8-16)23(39)35-9-15-3-5-34(6-4-27)18(15)10-35)20(24(40)41)37-22(13)26(28,25(37)42)14(2)31-19(38)11-36-12-30-32-33-36/h12-18,22,29H,3-11,27-28H2,1-2H3,(H,31,38)(H,40,41)/t13-,14+,15?,16-,17-,18?,22+,26-/m0/s1. The summed E-state index contributed by atoms with van der Waals surface area (Å²) in [5, 5.41) is 26.9. The molecule has 4 saturated heterocycles. The number of amides is 3. The van der Waals surface area contributed by atoms with Gasteiger partial charge in [0.25, 0.3) is 5.91 Å². The van der Waals surface area contributed by atoms with Crippen molar-refractivity contribution in [2.75, 3.05) is 39.3 Å². The monoisotopic (exact) mass is 617 g/mol. The Balaban J connectivity index is 1.10. The van der Waals surface area contributed by atoms with Gasteiger partial charge in [0.15, 0.2) is 0 Å².